The summed E-state index contributed by atoms with van der Waals surface area (Å²) in [4.78, 5) is 33.5. The van der Waals surface area contributed by atoms with Crippen molar-refractivity contribution in [2.24, 2.45) is 0 Å². The summed E-state index contributed by atoms with van der Waals surface area (Å²) in [5, 5.41) is 6.01. The molecule has 1 atom stereocenters. The highest BCUT2D eigenvalue weighted by atomic mass is 32.2. The Hall–Kier alpha value is -2.52. The molecule has 8 nitrogen and oxygen atoms in total. The number of amides is 2. The van der Waals surface area contributed by atoms with Crippen LogP contribution in [0.1, 0.15) is 66.9 Å². The third kappa shape index (κ3) is 9.66. The summed E-state index contributed by atoms with van der Waals surface area (Å²) in [6.07, 6.45) is 3.22. The second kappa shape index (κ2) is 13.0. The highest BCUT2D eigenvalue weighted by Crippen LogP contribution is 2.27. The fraction of sp³-hybridized carbons (Fsp3) is 0.621. The van der Waals surface area contributed by atoms with Crippen molar-refractivity contribution >= 4 is 34.7 Å². The molecule has 0 radical (unpaired) electrons. The maximum absolute atomic E-state index is 12.7. The second-order valence-electron chi connectivity index (χ2n) is 11.9. The number of thioether (sulfide) groups is 1. The molecule has 210 valence electrons. The van der Waals surface area contributed by atoms with Crippen LogP contribution < -0.4 is 5.32 Å². The predicted octanol–water partition coefficient (Wildman–Crippen LogP) is 6.07. The van der Waals surface area contributed by atoms with Crippen molar-refractivity contribution in [3.8, 4) is 0 Å². The minimum absolute atomic E-state index is 0.222. The molecule has 0 bridgehead atoms. The van der Waals surface area contributed by atoms with E-state index in [4.69, 9.17) is 9.47 Å². The van der Waals surface area contributed by atoms with Gasteiger partial charge in [0, 0.05) is 49.6 Å². The maximum Gasteiger partial charge on any atom is 0.410 e. The van der Waals surface area contributed by atoms with Crippen LogP contribution in [0.4, 0.5) is 9.59 Å². The summed E-state index contributed by atoms with van der Waals surface area (Å²) < 4.78 is 10.9. The van der Waals surface area contributed by atoms with Gasteiger partial charge in [-0.1, -0.05) is 12.1 Å². The topological polar surface area (TPSA) is 84.0 Å². The van der Waals surface area contributed by atoms with Crippen molar-refractivity contribution in [1.29, 1.82) is 0 Å². The van der Waals surface area contributed by atoms with E-state index in [0.717, 1.165) is 48.3 Å². The molecule has 0 aliphatic carbocycles. The number of alkyl carbamates (subject to hydrolysis) is 1. The molecule has 1 aromatic carbocycles. The number of carbonyl (C=O) groups is 2. The van der Waals surface area contributed by atoms with Crippen LogP contribution in [0.15, 0.2) is 35.5 Å². The molecular formula is C29H44N4O4S. The monoisotopic (exact) mass is 544 g/mol. The number of nitrogens with zero attached hydrogens (tertiary/aromatic N) is 3. The number of benzene rings is 1. The first kappa shape index (κ1) is 30.0. The summed E-state index contributed by atoms with van der Waals surface area (Å²) in [6.45, 7) is 17.2. The van der Waals surface area contributed by atoms with Crippen LogP contribution in [-0.2, 0) is 16.0 Å². The number of hydrogen-bond donors (Lipinski definition) is 1. The SMILES string of the molecule is C[C@@H]1CN(C(=O)OC(C)(C)C)CCCCN1Cc1ccc2c(SCCNC(=O)OC(C)(C)C)nccc2c1. The number of rotatable bonds is 6. The lowest BCUT2D eigenvalue weighted by atomic mass is 10.1. The van der Waals surface area contributed by atoms with Gasteiger partial charge in [0.25, 0.3) is 0 Å². The molecule has 0 spiro atoms. The van der Waals surface area contributed by atoms with Gasteiger partial charge in [-0.2, -0.15) is 0 Å². The van der Waals surface area contributed by atoms with Crippen LogP contribution in [0.3, 0.4) is 0 Å². The summed E-state index contributed by atoms with van der Waals surface area (Å²) in [7, 11) is 0. The molecule has 3 rings (SSSR count). The number of nitrogens with one attached hydrogen (secondary N) is 1. The summed E-state index contributed by atoms with van der Waals surface area (Å²) >= 11 is 1.62. The number of aromatic nitrogens is 1. The minimum Gasteiger partial charge on any atom is -0.444 e. The van der Waals surface area contributed by atoms with Crippen molar-refractivity contribution in [2.75, 3.05) is 31.9 Å². The smallest absolute Gasteiger partial charge is 0.410 e. The lowest BCUT2D eigenvalue weighted by Gasteiger charge is -2.36. The van der Waals surface area contributed by atoms with Gasteiger partial charge in [0.2, 0.25) is 0 Å². The number of carbonyl (C=O) groups excluding carboxylic acids is 2. The van der Waals surface area contributed by atoms with Gasteiger partial charge in [0.15, 0.2) is 0 Å². The third-order valence-corrected chi connectivity index (χ3v) is 7.08. The van der Waals surface area contributed by atoms with Crippen molar-refractivity contribution in [2.45, 2.75) is 90.1 Å². The Bertz CT molecular complexity index is 1100. The number of ether oxygens (including phenoxy) is 2. The molecule has 38 heavy (non-hydrogen) atoms. The van der Waals surface area contributed by atoms with Gasteiger partial charge in [-0.3, -0.25) is 4.90 Å². The predicted molar refractivity (Wildman–Crippen MR) is 154 cm³/mol. The highest BCUT2D eigenvalue weighted by Gasteiger charge is 2.27. The third-order valence-electron chi connectivity index (χ3n) is 6.07. The molecule has 1 aliphatic rings. The van der Waals surface area contributed by atoms with Crippen molar-refractivity contribution < 1.29 is 19.1 Å². The molecule has 1 saturated heterocycles. The van der Waals surface area contributed by atoms with Gasteiger partial charge in [0.1, 0.15) is 16.2 Å². The summed E-state index contributed by atoms with van der Waals surface area (Å²) in [5.41, 5.74) is 0.240. The first-order valence-corrected chi connectivity index (χ1v) is 14.5. The first-order valence-electron chi connectivity index (χ1n) is 13.5. The zero-order chi connectivity index (χ0) is 27.9. The van der Waals surface area contributed by atoms with E-state index in [2.05, 4.69) is 40.3 Å². The maximum atomic E-state index is 12.7. The van der Waals surface area contributed by atoms with E-state index >= 15 is 0 Å². The van der Waals surface area contributed by atoms with E-state index in [1.165, 1.54) is 5.56 Å². The van der Waals surface area contributed by atoms with Crippen LogP contribution >= 0.6 is 11.8 Å². The van der Waals surface area contributed by atoms with Crippen molar-refractivity contribution in [3.05, 3.63) is 36.0 Å². The van der Waals surface area contributed by atoms with Crippen molar-refractivity contribution in [1.82, 2.24) is 20.1 Å². The quantitative estimate of drug-likeness (QED) is 0.349. The molecule has 0 unspecified atom stereocenters. The largest absolute Gasteiger partial charge is 0.444 e. The molecule has 1 aliphatic heterocycles. The van der Waals surface area contributed by atoms with Crippen LogP contribution in [0.25, 0.3) is 10.8 Å². The molecule has 1 fully saturated rings. The molecule has 2 amide bonds. The lowest BCUT2D eigenvalue weighted by Crippen LogP contribution is -2.48. The Labute approximate surface area is 231 Å². The molecule has 1 N–H and O–H groups in total. The molecule has 2 heterocycles. The molecular weight excluding hydrogens is 500 g/mol. The van der Waals surface area contributed by atoms with E-state index in [0.29, 0.717) is 18.8 Å². The van der Waals surface area contributed by atoms with Crippen LogP contribution in [0, 0.1) is 0 Å². The fourth-order valence-electron chi connectivity index (χ4n) is 4.35. The van der Waals surface area contributed by atoms with E-state index in [1.807, 2.05) is 58.7 Å². The average Bonchev–Trinajstić information content (AvgIpc) is 2.79. The van der Waals surface area contributed by atoms with E-state index in [1.54, 1.807) is 11.8 Å². The molecule has 2 aromatic rings. The van der Waals surface area contributed by atoms with E-state index in [-0.39, 0.29) is 12.1 Å². The first-order chi connectivity index (χ1) is 17.8. The summed E-state index contributed by atoms with van der Waals surface area (Å²) in [6, 6.07) is 8.81. The Balaban J connectivity index is 1.60. The van der Waals surface area contributed by atoms with Gasteiger partial charge in [-0.15, -0.1) is 11.8 Å². The average molecular weight is 545 g/mol. The van der Waals surface area contributed by atoms with Gasteiger partial charge in [0.05, 0.1) is 0 Å². The van der Waals surface area contributed by atoms with Crippen LogP contribution in [0.5, 0.6) is 0 Å². The van der Waals surface area contributed by atoms with Crippen LogP contribution in [0.2, 0.25) is 0 Å². The Morgan fingerprint density at radius 1 is 1.05 bits per heavy atom. The standard InChI is InChI=1S/C29H44N4O4S/c1-21-19-33(27(35)37-29(5,6)7)16-9-8-15-32(21)20-22-10-11-24-23(18-22)12-13-30-25(24)38-17-14-31-26(34)36-28(2,3)4/h10-13,18,21H,8-9,14-17,19-20H2,1-7H3,(H,31,34)/t21-/m1/s1. The zero-order valence-electron chi connectivity index (χ0n) is 24.0. The second-order valence-corrected chi connectivity index (χ2v) is 13.0. The minimum atomic E-state index is -0.506. The van der Waals surface area contributed by atoms with E-state index < -0.39 is 17.3 Å². The number of fused-ring (bicyclic) bond motifs is 1. The van der Waals surface area contributed by atoms with Gasteiger partial charge in [-0.25, -0.2) is 14.6 Å². The molecule has 0 saturated carbocycles. The normalized spacial score (nSPS) is 17.6. The fourth-order valence-corrected chi connectivity index (χ4v) is 5.23. The molecule has 9 heteroatoms. The number of pyridine rings is 1. The Morgan fingerprint density at radius 2 is 1.76 bits per heavy atom. The zero-order valence-corrected chi connectivity index (χ0v) is 24.8. The van der Waals surface area contributed by atoms with Gasteiger partial charge in [-0.05, 0) is 90.9 Å². The van der Waals surface area contributed by atoms with Gasteiger partial charge < -0.3 is 19.7 Å². The Morgan fingerprint density at radius 3 is 2.47 bits per heavy atom. The van der Waals surface area contributed by atoms with Crippen molar-refractivity contribution in [3.63, 3.8) is 0 Å². The van der Waals surface area contributed by atoms with E-state index in [9.17, 15) is 9.59 Å². The van der Waals surface area contributed by atoms with Crippen LogP contribution in [-0.4, -0.2) is 76.1 Å². The lowest BCUT2D eigenvalue weighted by molar-refractivity contribution is 0.0155. The number of hydrogen-bond acceptors (Lipinski definition) is 7. The Kier molecular flexibility index (Phi) is 10.3. The highest BCUT2D eigenvalue weighted by molar-refractivity contribution is 7.99. The summed E-state index contributed by atoms with van der Waals surface area (Å²) in [5.74, 6) is 0.701. The van der Waals surface area contributed by atoms with Gasteiger partial charge >= 0.3 is 12.2 Å². The molecule has 1 aromatic heterocycles.